The van der Waals surface area contributed by atoms with Crippen molar-refractivity contribution in [3.8, 4) is 0 Å². The fourth-order valence-electron chi connectivity index (χ4n) is 5.87. The molecule has 3 aromatic carbocycles. The summed E-state index contributed by atoms with van der Waals surface area (Å²) in [6.07, 6.45) is 7.51. The lowest BCUT2D eigenvalue weighted by molar-refractivity contribution is 0.738. The quantitative estimate of drug-likeness (QED) is 0.261. The highest BCUT2D eigenvalue weighted by atomic mass is 28.3. The van der Waals surface area contributed by atoms with Crippen molar-refractivity contribution in [1.82, 2.24) is 0 Å². The van der Waals surface area contributed by atoms with E-state index in [0.29, 0.717) is 5.54 Å². The van der Waals surface area contributed by atoms with Gasteiger partial charge in [-0.15, -0.1) is 0 Å². The second kappa shape index (κ2) is 8.85. The van der Waals surface area contributed by atoms with E-state index in [1.807, 2.05) is 0 Å². The van der Waals surface area contributed by atoms with Gasteiger partial charge in [0.15, 0.2) is 0 Å². The standard InChI is InChI=1S/C33H40Si/c1-22-12-23(2)16-29(15-22)33(30-17-24(3)13-25(4)18-30,31-19-26(5)14-27(6)20-31)28-10-11-32(21-28)34(7,8)9/h10-21,32H,1-9H3. The number of hydrogen-bond acceptors (Lipinski definition) is 0. The zero-order valence-electron chi connectivity index (χ0n) is 22.5. The Balaban J connectivity index is 2.19. The molecule has 1 aliphatic carbocycles. The molecule has 1 atom stereocenters. The molecule has 0 fully saturated rings. The van der Waals surface area contributed by atoms with Gasteiger partial charge < -0.3 is 0 Å². The number of benzene rings is 3. The van der Waals surface area contributed by atoms with Crippen molar-refractivity contribution >= 4 is 8.07 Å². The van der Waals surface area contributed by atoms with Crippen LogP contribution in [0.5, 0.6) is 0 Å². The van der Waals surface area contributed by atoms with E-state index >= 15 is 0 Å². The summed E-state index contributed by atoms with van der Waals surface area (Å²) in [4.78, 5) is 0. The maximum Gasteiger partial charge on any atom is 0.0699 e. The van der Waals surface area contributed by atoms with Crippen LogP contribution in [0, 0.1) is 41.5 Å². The smallest absolute Gasteiger partial charge is 0.0699 e. The van der Waals surface area contributed by atoms with E-state index in [1.54, 1.807) is 0 Å². The molecule has 1 unspecified atom stereocenters. The minimum atomic E-state index is -1.38. The van der Waals surface area contributed by atoms with Gasteiger partial charge in [-0.1, -0.05) is 126 Å². The van der Waals surface area contributed by atoms with Crippen molar-refractivity contribution in [2.24, 2.45) is 0 Å². The molecule has 3 aromatic rings. The summed E-state index contributed by atoms with van der Waals surface area (Å²) in [5.41, 5.74) is 13.6. The molecule has 0 heterocycles. The molecule has 0 radical (unpaired) electrons. The van der Waals surface area contributed by atoms with Crippen LogP contribution in [0.25, 0.3) is 0 Å². The molecule has 34 heavy (non-hydrogen) atoms. The number of aryl methyl sites for hydroxylation is 6. The number of allylic oxidation sites excluding steroid dienone is 4. The van der Waals surface area contributed by atoms with Crippen molar-refractivity contribution in [1.29, 1.82) is 0 Å². The molecule has 0 saturated heterocycles. The normalized spacial score (nSPS) is 16.1. The van der Waals surface area contributed by atoms with Gasteiger partial charge in [0.2, 0.25) is 0 Å². The van der Waals surface area contributed by atoms with Crippen LogP contribution in [0.4, 0.5) is 0 Å². The molecule has 4 rings (SSSR count). The first-order chi connectivity index (χ1) is 15.9. The van der Waals surface area contributed by atoms with Gasteiger partial charge in [0.05, 0.1) is 13.5 Å². The van der Waals surface area contributed by atoms with E-state index in [4.69, 9.17) is 0 Å². The Morgan fingerprint density at radius 1 is 0.529 bits per heavy atom. The Kier molecular flexibility index (Phi) is 6.38. The number of rotatable bonds is 5. The van der Waals surface area contributed by atoms with Gasteiger partial charge in [-0.2, -0.15) is 0 Å². The second-order valence-corrected chi connectivity index (χ2v) is 17.2. The lowest BCUT2D eigenvalue weighted by Crippen LogP contribution is -2.32. The average molecular weight is 465 g/mol. The van der Waals surface area contributed by atoms with Crippen LogP contribution in [0.15, 0.2) is 78.4 Å². The van der Waals surface area contributed by atoms with E-state index in [-0.39, 0.29) is 5.41 Å². The van der Waals surface area contributed by atoms with Crippen molar-refractivity contribution in [3.63, 3.8) is 0 Å². The van der Waals surface area contributed by atoms with Gasteiger partial charge >= 0.3 is 0 Å². The predicted octanol–water partition coefficient (Wildman–Crippen LogP) is 9.08. The van der Waals surface area contributed by atoms with Crippen LogP contribution < -0.4 is 0 Å². The third-order valence-electron chi connectivity index (χ3n) is 7.24. The van der Waals surface area contributed by atoms with Crippen LogP contribution in [0.3, 0.4) is 0 Å². The third kappa shape index (κ3) is 4.51. The molecule has 0 N–H and O–H groups in total. The first-order valence-electron chi connectivity index (χ1n) is 12.6. The highest BCUT2D eigenvalue weighted by Gasteiger charge is 2.42. The summed E-state index contributed by atoms with van der Waals surface area (Å²) in [6, 6.07) is 21.4. The van der Waals surface area contributed by atoms with Crippen LogP contribution >= 0.6 is 0 Å². The minimum absolute atomic E-state index is 0.352. The monoisotopic (exact) mass is 464 g/mol. The summed E-state index contributed by atoms with van der Waals surface area (Å²) in [5.74, 6) is 0. The van der Waals surface area contributed by atoms with Gasteiger partial charge in [-0.05, 0) is 69.3 Å². The molecule has 0 bridgehead atoms. The molecule has 1 heteroatoms. The van der Waals surface area contributed by atoms with Crippen molar-refractivity contribution in [3.05, 3.63) is 128 Å². The summed E-state index contributed by atoms with van der Waals surface area (Å²) in [5, 5.41) is 0. The first kappa shape index (κ1) is 24.5. The molecule has 1 aliphatic rings. The second-order valence-electron chi connectivity index (χ2n) is 11.8. The Morgan fingerprint density at radius 2 is 0.853 bits per heavy atom. The van der Waals surface area contributed by atoms with E-state index in [2.05, 4.69) is 134 Å². The minimum Gasteiger partial charge on any atom is -0.0800 e. The average Bonchev–Trinajstić information content (AvgIpc) is 3.17. The molecule has 0 spiro atoms. The van der Waals surface area contributed by atoms with Gasteiger partial charge in [0.1, 0.15) is 0 Å². The topological polar surface area (TPSA) is 0 Å². The predicted molar refractivity (Wildman–Crippen MR) is 152 cm³/mol. The lowest BCUT2D eigenvalue weighted by Gasteiger charge is -2.38. The van der Waals surface area contributed by atoms with Crippen LogP contribution in [-0.2, 0) is 5.41 Å². The van der Waals surface area contributed by atoms with Gasteiger partial charge in [-0.25, -0.2) is 0 Å². The molecule has 0 saturated carbocycles. The molecular formula is C33H40Si. The summed E-state index contributed by atoms with van der Waals surface area (Å²) >= 11 is 0. The van der Waals surface area contributed by atoms with E-state index in [9.17, 15) is 0 Å². The van der Waals surface area contributed by atoms with Gasteiger partial charge in [0, 0.05) is 0 Å². The third-order valence-corrected chi connectivity index (χ3v) is 9.60. The molecule has 0 amide bonds. The van der Waals surface area contributed by atoms with E-state index in [1.165, 1.54) is 55.6 Å². The van der Waals surface area contributed by atoms with Crippen LogP contribution in [0.1, 0.15) is 50.1 Å². The largest absolute Gasteiger partial charge is 0.0800 e. The SMILES string of the molecule is Cc1cc(C)cc(C(C2=CC([Si](C)(C)C)C=C2)(c2cc(C)cc(C)c2)c2cc(C)cc(C)c2)c1. The van der Waals surface area contributed by atoms with Gasteiger partial charge in [0.25, 0.3) is 0 Å². The highest BCUT2D eigenvalue weighted by Crippen LogP contribution is 2.50. The lowest BCUT2D eigenvalue weighted by atomic mass is 9.63. The Hall–Kier alpha value is -2.64. The van der Waals surface area contributed by atoms with Crippen molar-refractivity contribution < 1.29 is 0 Å². The zero-order chi connectivity index (χ0) is 24.8. The summed E-state index contributed by atoms with van der Waals surface area (Å²) < 4.78 is 0. The maximum atomic E-state index is 2.60. The van der Waals surface area contributed by atoms with Gasteiger partial charge in [-0.3, -0.25) is 0 Å². The molecule has 176 valence electrons. The summed E-state index contributed by atoms with van der Waals surface area (Å²) in [7, 11) is -1.38. The molecular weight excluding hydrogens is 424 g/mol. The molecule has 0 nitrogen and oxygen atoms in total. The van der Waals surface area contributed by atoms with E-state index < -0.39 is 8.07 Å². The van der Waals surface area contributed by atoms with Crippen molar-refractivity contribution in [2.45, 2.75) is 72.1 Å². The van der Waals surface area contributed by atoms with Crippen LogP contribution in [0.2, 0.25) is 25.2 Å². The molecule has 0 aromatic heterocycles. The zero-order valence-corrected chi connectivity index (χ0v) is 23.5. The Labute approximate surface area is 208 Å². The Morgan fingerprint density at radius 3 is 1.12 bits per heavy atom. The number of hydrogen-bond donors (Lipinski definition) is 0. The summed E-state index contributed by atoms with van der Waals surface area (Å²) in [6.45, 7) is 20.8. The van der Waals surface area contributed by atoms with Crippen LogP contribution in [-0.4, -0.2) is 8.07 Å². The van der Waals surface area contributed by atoms with Crippen molar-refractivity contribution in [2.75, 3.05) is 0 Å². The first-order valence-corrected chi connectivity index (χ1v) is 16.1. The molecule has 0 aliphatic heterocycles. The highest BCUT2D eigenvalue weighted by molar-refractivity contribution is 6.78. The Bertz CT molecular complexity index is 1110. The maximum absolute atomic E-state index is 2.60. The fourth-order valence-corrected chi connectivity index (χ4v) is 7.23. The fraction of sp³-hybridized carbons (Fsp3) is 0.333. The van der Waals surface area contributed by atoms with E-state index in [0.717, 1.165) is 0 Å².